The van der Waals surface area contributed by atoms with E-state index < -0.39 is 8.32 Å². The Kier molecular flexibility index (Phi) is 13.2. The second-order valence-electron chi connectivity index (χ2n) is 10.5. The van der Waals surface area contributed by atoms with Crippen LogP contribution in [0, 0.1) is 0 Å². The minimum Gasteiger partial charge on any atom is -0.446 e. The van der Waals surface area contributed by atoms with Crippen LogP contribution in [0.4, 0.5) is 4.79 Å². The summed E-state index contributed by atoms with van der Waals surface area (Å²) in [5.41, 5.74) is 0. The van der Waals surface area contributed by atoms with Crippen molar-refractivity contribution in [3.63, 3.8) is 0 Å². The van der Waals surface area contributed by atoms with Crippen molar-refractivity contribution in [2.24, 2.45) is 0 Å². The number of ether oxygens (including phenoxy) is 1. The van der Waals surface area contributed by atoms with Crippen LogP contribution in [0.1, 0.15) is 91.9 Å². The maximum absolute atomic E-state index is 12.3. The fraction of sp³-hybridized carbons (Fsp3) is 0.958. The number of rotatable bonds is 15. The topological polar surface area (TPSA) is 50.8 Å². The lowest BCUT2D eigenvalue weighted by atomic mass is 10.0. The maximum Gasteiger partial charge on any atom is 0.407 e. The highest BCUT2D eigenvalue weighted by Gasteiger charge is 2.36. The molecule has 0 spiro atoms. The molecule has 0 saturated carbocycles. The van der Waals surface area contributed by atoms with Crippen molar-refractivity contribution in [2.75, 3.05) is 32.8 Å². The Morgan fingerprint density at radius 1 is 1.03 bits per heavy atom. The third-order valence-electron chi connectivity index (χ3n) is 6.74. The van der Waals surface area contributed by atoms with Crippen molar-refractivity contribution in [3.05, 3.63) is 0 Å². The van der Waals surface area contributed by atoms with Crippen LogP contribution in [0.25, 0.3) is 0 Å². The summed E-state index contributed by atoms with van der Waals surface area (Å²) in [6.07, 6.45) is 11.3. The van der Waals surface area contributed by atoms with Gasteiger partial charge in [-0.3, -0.25) is 0 Å². The van der Waals surface area contributed by atoms with Gasteiger partial charge < -0.3 is 19.4 Å². The minimum absolute atomic E-state index is 0.00132. The summed E-state index contributed by atoms with van der Waals surface area (Å²) < 4.78 is 12.1. The van der Waals surface area contributed by atoms with Crippen molar-refractivity contribution in [1.82, 2.24) is 10.2 Å². The fourth-order valence-electron chi connectivity index (χ4n) is 3.61. The zero-order valence-electron chi connectivity index (χ0n) is 20.9. The Labute approximate surface area is 187 Å². The molecular formula is C24H50N2O3Si. The molecule has 1 aliphatic rings. The first-order valence-electron chi connectivity index (χ1n) is 12.5. The zero-order valence-corrected chi connectivity index (χ0v) is 21.9. The number of nitrogens with one attached hydrogen (secondary N) is 1. The lowest BCUT2D eigenvalue weighted by Crippen LogP contribution is -2.41. The van der Waals surface area contributed by atoms with Gasteiger partial charge in [-0.05, 0) is 69.7 Å². The van der Waals surface area contributed by atoms with Crippen LogP contribution in [0.15, 0.2) is 0 Å². The Hall–Kier alpha value is -0.593. The van der Waals surface area contributed by atoms with Gasteiger partial charge >= 0.3 is 6.09 Å². The van der Waals surface area contributed by atoms with E-state index in [-0.39, 0.29) is 17.2 Å². The highest BCUT2D eigenvalue weighted by molar-refractivity contribution is 6.74. The smallest absolute Gasteiger partial charge is 0.407 e. The van der Waals surface area contributed by atoms with E-state index in [1.807, 2.05) is 0 Å². The molecule has 0 aromatic heterocycles. The number of unbranched alkanes of at least 4 members (excludes halogenated alkanes) is 4. The van der Waals surface area contributed by atoms with Crippen molar-refractivity contribution in [2.45, 2.75) is 116 Å². The molecule has 30 heavy (non-hydrogen) atoms. The van der Waals surface area contributed by atoms with Crippen LogP contribution < -0.4 is 5.32 Å². The first kappa shape index (κ1) is 27.4. The molecule has 178 valence electrons. The lowest BCUT2D eigenvalue weighted by molar-refractivity contribution is 0.0807. The molecular weight excluding hydrogens is 392 g/mol. The van der Waals surface area contributed by atoms with Crippen molar-refractivity contribution in [3.8, 4) is 0 Å². The van der Waals surface area contributed by atoms with Gasteiger partial charge in [0.2, 0.25) is 0 Å². The number of nitrogens with zero attached hydrogens (tertiary/aromatic N) is 1. The molecule has 1 N–H and O–H groups in total. The molecule has 1 amide bonds. The molecule has 6 heteroatoms. The van der Waals surface area contributed by atoms with E-state index in [1.54, 1.807) is 0 Å². The van der Waals surface area contributed by atoms with Gasteiger partial charge in [-0.1, -0.05) is 53.4 Å². The number of likely N-dealkylation sites (tertiary alicyclic amines) is 1. The predicted octanol–water partition coefficient (Wildman–Crippen LogP) is 6.34. The first-order chi connectivity index (χ1) is 14.2. The quantitative estimate of drug-likeness (QED) is 0.237. The molecule has 5 nitrogen and oxygen atoms in total. The fourth-order valence-corrected chi connectivity index (χ4v) is 4.70. The van der Waals surface area contributed by atoms with Gasteiger partial charge in [0.15, 0.2) is 8.32 Å². The summed E-state index contributed by atoms with van der Waals surface area (Å²) in [5.74, 6) is 0. The molecule has 0 bridgehead atoms. The van der Waals surface area contributed by atoms with Crippen LogP contribution in [0.2, 0.25) is 18.1 Å². The van der Waals surface area contributed by atoms with Crippen LogP contribution in [0.5, 0.6) is 0 Å². The van der Waals surface area contributed by atoms with Crippen molar-refractivity contribution in [1.29, 1.82) is 0 Å². The van der Waals surface area contributed by atoms with E-state index in [0.717, 1.165) is 51.9 Å². The Balaban J connectivity index is 2.35. The average molecular weight is 443 g/mol. The molecule has 1 atom stereocenters. The number of carbonyl (C=O) groups is 1. The molecule has 1 fully saturated rings. The van der Waals surface area contributed by atoms with Gasteiger partial charge in [-0.2, -0.15) is 0 Å². The lowest BCUT2D eigenvalue weighted by Gasteiger charge is -2.36. The van der Waals surface area contributed by atoms with E-state index in [1.165, 1.54) is 38.5 Å². The average Bonchev–Trinajstić information content (AvgIpc) is 3.17. The van der Waals surface area contributed by atoms with Crippen LogP contribution in [0.3, 0.4) is 0 Å². The second kappa shape index (κ2) is 14.5. The first-order valence-corrected chi connectivity index (χ1v) is 15.4. The summed E-state index contributed by atoms with van der Waals surface area (Å²) in [5, 5.41) is 3.19. The summed E-state index contributed by atoms with van der Waals surface area (Å²) >= 11 is 0. The van der Waals surface area contributed by atoms with Gasteiger partial charge in [0.05, 0.1) is 0 Å². The molecule has 0 radical (unpaired) electrons. The molecule has 0 aromatic rings. The van der Waals surface area contributed by atoms with Gasteiger partial charge in [0.1, 0.15) is 6.10 Å². The van der Waals surface area contributed by atoms with Crippen molar-refractivity contribution >= 4 is 14.4 Å². The highest BCUT2D eigenvalue weighted by Crippen LogP contribution is 2.36. The third kappa shape index (κ3) is 11.7. The molecule has 1 unspecified atom stereocenters. The third-order valence-corrected chi connectivity index (χ3v) is 11.3. The largest absolute Gasteiger partial charge is 0.446 e. The molecule has 1 aliphatic heterocycles. The summed E-state index contributed by atoms with van der Waals surface area (Å²) in [6, 6.07) is 0. The highest BCUT2D eigenvalue weighted by atomic mass is 28.4. The summed E-state index contributed by atoms with van der Waals surface area (Å²) in [7, 11) is -1.70. The van der Waals surface area contributed by atoms with Crippen molar-refractivity contribution < 1.29 is 14.0 Å². The number of alkyl carbamates (subject to hydrolysis) is 1. The monoisotopic (exact) mass is 442 g/mol. The molecule has 0 aliphatic carbocycles. The van der Waals surface area contributed by atoms with Crippen LogP contribution in [-0.2, 0) is 9.16 Å². The molecule has 0 aromatic carbocycles. The van der Waals surface area contributed by atoms with E-state index in [4.69, 9.17) is 9.16 Å². The van der Waals surface area contributed by atoms with Crippen LogP contribution in [-0.4, -0.2) is 58.2 Å². The Bertz CT molecular complexity index is 460. The Morgan fingerprint density at radius 2 is 1.67 bits per heavy atom. The standard InChI is InChI=1S/C24H50N2O3Si/c1-7-8-9-10-11-15-22(16-14-21-28-30(5,6)24(2,3)4)29-23(27)25-17-20-26-18-12-13-19-26/h22H,7-21H2,1-6H3,(H,25,27). The summed E-state index contributed by atoms with van der Waals surface area (Å²) in [4.78, 5) is 14.7. The van der Waals surface area contributed by atoms with Gasteiger partial charge in [0, 0.05) is 19.7 Å². The Morgan fingerprint density at radius 3 is 2.30 bits per heavy atom. The molecule has 1 saturated heterocycles. The van der Waals surface area contributed by atoms with E-state index in [0.29, 0.717) is 6.54 Å². The number of hydrogen-bond donors (Lipinski definition) is 1. The van der Waals surface area contributed by atoms with Gasteiger partial charge in [0.25, 0.3) is 0 Å². The zero-order chi connectivity index (χ0) is 22.5. The summed E-state index contributed by atoms with van der Waals surface area (Å²) in [6.45, 7) is 18.3. The number of carbonyl (C=O) groups excluding carboxylic acids is 1. The maximum atomic E-state index is 12.3. The van der Waals surface area contributed by atoms with E-state index >= 15 is 0 Å². The second-order valence-corrected chi connectivity index (χ2v) is 15.3. The normalized spacial score (nSPS) is 16.6. The molecule has 1 rings (SSSR count). The van der Waals surface area contributed by atoms with E-state index in [2.05, 4.69) is 51.0 Å². The number of amides is 1. The minimum atomic E-state index is -1.70. The van der Waals surface area contributed by atoms with Crippen LogP contribution >= 0.6 is 0 Å². The SMILES string of the molecule is CCCCCCCC(CCCO[Si](C)(C)C(C)(C)C)OC(=O)NCCN1CCCC1. The van der Waals surface area contributed by atoms with Gasteiger partial charge in [-0.15, -0.1) is 0 Å². The molecule has 1 heterocycles. The number of hydrogen-bond acceptors (Lipinski definition) is 4. The van der Waals surface area contributed by atoms with E-state index in [9.17, 15) is 4.79 Å². The predicted molar refractivity (Wildman–Crippen MR) is 130 cm³/mol. The van der Waals surface area contributed by atoms with Gasteiger partial charge in [-0.25, -0.2) is 4.79 Å².